The number of carbonyl (C=O) groups excluding carboxylic acids is 1. The fourth-order valence-electron chi connectivity index (χ4n) is 2.20. The Bertz CT molecular complexity index is 873. The number of esters is 1. The van der Waals surface area contributed by atoms with Gasteiger partial charge in [-0.1, -0.05) is 42.5 Å². The van der Waals surface area contributed by atoms with E-state index in [-0.39, 0.29) is 11.3 Å². The van der Waals surface area contributed by atoms with Crippen LogP contribution in [0.15, 0.2) is 66.7 Å². The van der Waals surface area contributed by atoms with Gasteiger partial charge in [0.25, 0.3) is 5.69 Å². The molecule has 0 aliphatic carbocycles. The van der Waals surface area contributed by atoms with Crippen LogP contribution in [-0.2, 0) is 0 Å². The number of hydrogen-bond donors (Lipinski definition) is 0. The lowest BCUT2D eigenvalue weighted by atomic mass is 10.1. The number of rotatable bonds is 3. The van der Waals surface area contributed by atoms with Crippen molar-refractivity contribution in [2.45, 2.75) is 0 Å². The Hall–Kier alpha value is -3.21. The minimum atomic E-state index is -0.748. The Morgan fingerprint density at radius 1 is 0.909 bits per heavy atom. The van der Waals surface area contributed by atoms with Gasteiger partial charge in [0.1, 0.15) is 11.3 Å². The molecule has 0 aliphatic rings. The molecule has 22 heavy (non-hydrogen) atoms. The average Bonchev–Trinajstić information content (AvgIpc) is 2.54. The molecule has 108 valence electrons. The molecule has 0 aliphatic heterocycles. The molecular formula is C17H11NO4. The predicted octanol–water partition coefficient (Wildman–Crippen LogP) is 3.97. The van der Waals surface area contributed by atoms with Crippen molar-refractivity contribution in [3.63, 3.8) is 0 Å². The molecule has 0 radical (unpaired) electrons. The highest BCUT2D eigenvalue weighted by atomic mass is 16.6. The highest BCUT2D eigenvalue weighted by molar-refractivity contribution is 5.95. The number of nitro groups is 1. The molecule has 5 nitrogen and oxygen atoms in total. The van der Waals surface area contributed by atoms with E-state index in [0.717, 1.165) is 10.8 Å². The molecule has 3 rings (SSSR count). The van der Waals surface area contributed by atoms with Gasteiger partial charge in [-0.3, -0.25) is 10.1 Å². The molecule has 0 saturated carbocycles. The van der Waals surface area contributed by atoms with Gasteiger partial charge in [0, 0.05) is 6.07 Å². The van der Waals surface area contributed by atoms with Gasteiger partial charge in [0.15, 0.2) is 0 Å². The Morgan fingerprint density at radius 3 is 2.36 bits per heavy atom. The van der Waals surface area contributed by atoms with Crippen molar-refractivity contribution >= 4 is 22.4 Å². The summed E-state index contributed by atoms with van der Waals surface area (Å²) < 4.78 is 5.26. The van der Waals surface area contributed by atoms with Gasteiger partial charge in [-0.2, -0.15) is 0 Å². The summed E-state index contributed by atoms with van der Waals surface area (Å²) >= 11 is 0. The Morgan fingerprint density at radius 2 is 1.59 bits per heavy atom. The van der Waals surface area contributed by atoms with Gasteiger partial charge < -0.3 is 4.74 Å². The number of ether oxygens (including phenoxy) is 1. The molecule has 0 spiro atoms. The fraction of sp³-hybridized carbons (Fsp3) is 0. The van der Waals surface area contributed by atoms with E-state index in [9.17, 15) is 14.9 Å². The van der Waals surface area contributed by atoms with Crippen molar-refractivity contribution in [3.8, 4) is 5.75 Å². The van der Waals surface area contributed by atoms with E-state index < -0.39 is 10.9 Å². The van der Waals surface area contributed by atoms with Gasteiger partial charge in [0.05, 0.1) is 4.92 Å². The second-order valence-electron chi connectivity index (χ2n) is 4.67. The molecule has 0 unspecified atom stereocenters. The molecule has 0 heterocycles. The molecule has 3 aromatic carbocycles. The smallest absolute Gasteiger partial charge is 0.350 e. The third-order valence-corrected chi connectivity index (χ3v) is 3.25. The van der Waals surface area contributed by atoms with Crippen LogP contribution in [0.5, 0.6) is 5.75 Å². The summed E-state index contributed by atoms with van der Waals surface area (Å²) in [6, 6.07) is 18.6. The normalized spacial score (nSPS) is 10.4. The molecule has 0 saturated heterocycles. The lowest BCUT2D eigenvalue weighted by molar-refractivity contribution is -0.385. The average molecular weight is 293 g/mol. The highest BCUT2D eigenvalue weighted by Crippen LogP contribution is 2.23. The van der Waals surface area contributed by atoms with Crippen LogP contribution in [0.1, 0.15) is 10.4 Å². The second kappa shape index (κ2) is 5.65. The van der Waals surface area contributed by atoms with Crippen LogP contribution in [0.4, 0.5) is 5.69 Å². The molecule has 0 amide bonds. The molecule has 5 heteroatoms. The van der Waals surface area contributed by atoms with E-state index in [1.165, 1.54) is 18.2 Å². The zero-order valence-corrected chi connectivity index (χ0v) is 11.4. The van der Waals surface area contributed by atoms with Crippen LogP contribution >= 0.6 is 0 Å². The summed E-state index contributed by atoms with van der Waals surface area (Å²) in [5.74, 6) is -0.399. The molecule has 0 bridgehead atoms. The number of carbonyl (C=O) groups is 1. The van der Waals surface area contributed by atoms with Crippen LogP contribution in [-0.4, -0.2) is 10.9 Å². The van der Waals surface area contributed by atoms with Crippen LogP contribution in [0, 0.1) is 10.1 Å². The van der Waals surface area contributed by atoms with Crippen molar-refractivity contribution in [1.29, 1.82) is 0 Å². The fourth-order valence-corrected chi connectivity index (χ4v) is 2.20. The molecule has 0 atom stereocenters. The summed E-state index contributed by atoms with van der Waals surface area (Å²) in [5, 5.41) is 12.9. The van der Waals surface area contributed by atoms with Crippen LogP contribution in [0.3, 0.4) is 0 Å². The first-order chi connectivity index (χ1) is 10.6. The minimum Gasteiger partial charge on any atom is -0.423 e. The lowest BCUT2D eigenvalue weighted by Gasteiger charge is -2.06. The maximum atomic E-state index is 12.1. The number of para-hydroxylation sites is 1. The Labute approximate surface area is 125 Å². The first-order valence-corrected chi connectivity index (χ1v) is 6.59. The van der Waals surface area contributed by atoms with Crippen LogP contribution in [0.25, 0.3) is 10.8 Å². The van der Waals surface area contributed by atoms with Gasteiger partial charge in [-0.15, -0.1) is 0 Å². The summed E-state index contributed by atoms with van der Waals surface area (Å²) in [7, 11) is 0. The van der Waals surface area contributed by atoms with Crippen molar-refractivity contribution < 1.29 is 14.5 Å². The third-order valence-electron chi connectivity index (χ3n) is 3.25. The number of fused-ring (bicyclic) bond motifs is 1. The number of benzene rings is 3. The zero-order chi connectivity index (χ0) is 15.5. The molecule has 0 aromatic heterocycles. The maximum Gasteiger partial charge on any atom is 0.350 e. The van der Waals surface area contributed by atoms with Crippen LogP contribution in [0.2, 0.25) is 0 Å². The summed E-state index contributed by atoms with van der Waals surface area (Å²) in [5.41, 5.74) is -0.339. The molecule has 3 aromatic rings. The van der Waals surface area contributed by atoms with Crippen molar-refractivity contribution in [2.24, 2.45) is 0 Å². The number of nitro benzene ring substituents is 1. The first kappa shape index (κ1) is 13.8. The highest BCUT2D eigenvalue weighted by Gasteiger charge is 2.21. The van der Waals surface area contributed by atoms with Gasteiger partial charge in [0.2, 0.25) is 0 Å². The standard InChI is InChI=1S/C17H11NO4/c19-17(15-7-3-4-8-16(15)18(20)21)22-14-10-9-12-5-1-2-6-13(12)11-14/h1-11H. The number of nitrogens with zero attached hydrogens (tertiary/aromatic N) is 1. The Kier molecular flexibility index (Phi) is 3.53. The van der Waals surface area contributed by atoms with E-state index in [0.29, 0.717) is 5.75 Å². The number of hydrogen-bond acceptors (Lipinski definition) is 4. The van der Waals surface area contributed by atoms with E-state index >= 15 is 0 Å². The van der Waals surface area contributed by atoms with Crippen molar-refractivity contribution in [2.75, 3.05) is 0 Å². The van der Waals surface area contributed by atoms with E-state index in [1.54, 1.807) is 18.2 Å². The first-order valence-electron chi connectivity index (χ1n) is 6.59. The SMILES string of the molecule is O=C(Oc1ccc2ccccc2c1)c1ccccc1[N+](=O)[O-]. The Balaban J connectivity index is 1.91. The van der Waals surface area contributed by atoms with E-state index in [2.05, 4.69) is 0 Å². The second-order valence-corrected chi connectivity index (χ2v) is 4.67. The van der Waals surface area contributed by atoms with Gasteiger partial charge in [-0.05, 0) is 29.0 Å². The van der Waals surface area contributed by atoms with E-state index in [4.69, 9.17) is 4.74 Å². The third kappa shape index (κ3) is 2.64. The largest absolute Gasteiger partial charge is 0.423 e. The topological polar surface area (TPSA) is 69.4 Å². The maximum absolute atomic E-state index is 12.1. The van der Waals surface area contributed by atoms with E-state index in [1.807, 2.05) is 30.3 Å². The van der Waals surface area contributed by atoms with Crippen molar-refractivity contribution in [3.05, 3.63) is 82.4 Å². The molecule has 0 N–H and O–H groups in total. The molecule has 0 fully saturated rings. The molecular weight excluding hydrogens is 282 g/mol. The summed E-state index contributed by atoms with van der Waals surface area (Å²) in [6.07, 6.45) is 0. The monoisotopic (exact) mass is 293 g/mol. The quantitative estimate of drug-likeness (QED) is 0.317. The van der Waals surface area contributed by atoms with Crippen molar-refractivity contribution in [1.82, 2.24) is 0 Å². The minimum absolute atomic E-state index is 0.0688. The zero-order valence-electron chi connectivity index (χ0n) is 11.4. The predicted molar refractivity (Wildman–Crippen MR) is 82.0 cm³/mol. The summed E-state index contributed by atoms with van der Waals surface area (Å²) in [4.78, 5) is 22.5. The lowest BCUT2D eigenvalue weighted by Crippen LogP contribution is -2.10. The van der Waals surface area contributed by atoms with Gasteiger partial charge in [-0.25, -0.2) is 4.79 Å². The van der Waals surface area contributed by atoms with Gasteiger partial charge >= 0.3 is 5.97 Å². The summed E-state index contributed by atoms with van der Waals surface area (Å²) in [6.45, 7) is 0. The van der Waals surface area contributed by atoms with Crippen LogP contribution < -0.4 is 4.74 Å².